The Kier molecular flexibility index (Phi) is 7.47. The van der Waals surface area contributed by atoms with E-state index in [2.05, 4.69) is 158 Å². The first-order chi connectivity index (χ1) is 26.2. The average Bonchev–Trinajstić information content (AvgIpc) is 3.62. The van der Waals surface area contributed by atoms with Crippen LogP contribution in [0.15, 0.2) is 199 Å². The highest BCUT2D eigenvalue weighted by atomic mass is 16.3. The van der Waals surface area contributed by atoms with Crippen LogP contribution in [0, 0.1) is 0 Å². The number of hydrogen-bond acceptors (Lipinski definition) is 3. The molecule has 2 heterocycles. The summed E-state index contributed by atoms with van der Waals surface area (Å²) >= 11 is 0. The van der Waals surface area contributed by atoms with Crippen molar-refractivity contribution >= 4 is 32.7 Å². The Labute approximate surface area is 307 Å². The van der Waals surface area contributed by atoms with Gasteiger partial charge in [-0.15, -0.1) is 0 Å². The largest absolute Gasteiger partial charge is 0.456 e. The Balaban J connectivity index is 1.20. The summed E-state index contributed by atoms with van der Waals surface area (Å²) in [5.41, 5.74) is 13.4. The van der Waals surface area contributed by atoms with Crippen molar-refractivity contribution in [3.8, 4) is 67.3 Å². The second-order valence-electron chi connectivity index (χ2n) is 13.4. The van der Waals surface area contributed by atoms with Gasteiger partial charge in [0.1, 0.15) is 11.2 Å². The summed E-state index contributed by atoms with van der Waals surface area (Å²) in [6.45, 7) is 0. The Bertz CT molecular complexity index is 2940. The minimum Gasteiger partial charge on any atom is -0.456 e. The van der Waals surface area contributed by atoms with E-state index in [4.69, 9.17) is 14.4 Å². The number of hydrogen-bond donors (Lipinski definition) is 0. The molecule has 0 fully saturated rings. The molecular formula is C50H32N2O. The first-order valence-electron chi connectivity index (χ1n) is 17.9. The van der Waals surface area contributed by atoms with Crippen LogP contribution in [-0.2, 0) is 0 Å². The van der Waals surface area contributed by atoms with Crippen LogP contribution in [0.2, 0.25) is 0 Å². The summed E-state index contributed by atoms with van der Waals surface area (Å²) in [7, 11) is 0. The monoisotopic (exact) mass is 676 g/mol. The van der Waals surface area contributed by atoms with E-state index in [0.29, 0.717) is 5.82 Å². The number of aromatic nitrogens is 2. The maximum absolute atomic E-state index is 6.21. The van der Waals surface area contributed by atoms with Crippen molar-refractivity contribution in [2.24, 2.45) is 0 Å². The first kappa shape index (κ1) is 30.7. The molecule has 10 aromatic rings. The molecule has 53 heavy (non-hydrogen) atoms. The molecule has 8 aromatic carbocycles. The molecule has 0 saturated heterocycles. The molecule has 2 aromatic heterocycles. The van der Waals surface area contributed by atoms with Crippen LogP contribution in [0.5, 0.6) is 0 Å². The van der Waals surface area contributed by atoms with Crippen LogP contribution < -0.4 is 0 Å². The molecule has 3 heteroatoms. The minimum atomic E-state index is 0.687. The summed E-state index contributed by atoms with van der Waals surface area (Å²) in [5, 5.41) is 4.63. The zero-order valence-electron chi connectivity index (χ0n) is 28.8. The predicted octanol–water partition coefficient (Wildman–Crippen LogP) is 13.5. The summed E-state index contributed by atoms with van der Waals surface area (Å²) < 4.78 is 6.21. The maximum atomic E-state index is 6.21. The fraction of sp³-hybridized carbons (Fsp3) is 0. The van der Waals surface area contributed by atoms with Gasteiger partial charge < -0.3 is 4.42 Å². The van der Waals surface area contributed by atoms with E-state index >= 15 is 0 Å². The van der Waals surface area contributed by atoms with Crippen LogP contribution in [0.1, 0.15) is 0 Å². The molecular weight excluding hydrogens is 645 g/mol. The van der Waals surface area contributed by atoms with Crippen molar-refractivity contribution in [3.63, 3.8) is 0 Å². The van der Waals surface area contributed by atoms with Crippen LogP contribution in [0.25, 0.3) is 100.0 Å². The van der Waals surface area contributed by atoms with Gasteiger partial charge in [-0.05, 0) is 92.7 Å². The molecule has 248 valence electrons. The normalized spacial score (nSPS) is 11.4. The van der Waals surface area contributed by atoms with Gasteiger partial charge >= 0.3 is 0 Å². The van der Waals surface area contributed by atoms with Gasteiger partial charge in [-0.2, -0.15) is 0 Å². The number of nitrogens with zero attached hydrogens (tertiary/aromatic N) is 2. The Morgan fingerprint density at radius 1 is 0.302 bits per heavy atom. The van der Waals surface area contributed by atoms with Crippen molar-refractivity contribution in [2.45, 2.75) is 0 Å². The van der Waals surface area contributed by atoms with Crippen LogP contribution in [0.4, 0.5) is 0 Å². The fourth-order valence-corrected chi connectivity index (χ4v) is 7.43. The van der Waals surface area contributed by atoms with Gasteiger partial charge in [0.2, 0.25) is 0 Å². The molecule has 0 bridgehead atoms. The zero-order chi connectivity index (χ0) is 35.1. The van der Waals surface area contributed by atoms with Crippen molar-refractivity contribution in [1.82, 2.24) is 9.97 Å². The fourth-order valence-electron chi connectivity index (χ4n) is 7.43. The summed E-state index contributed by atoms with van der Waals surface area (Å²) in [5.74, 6) is 0.687. The van der Waals surface area contributed by atoms with Crippen molar-refractivity contribution in [1.29, 1.82) is 0 Å². The molecule has 0 aliphatic rings. The maximum Gasteiger partial charge on any atom is 0.160 e. The van der Waals surface area contributed by atoms with Crippen molar-refractivity contribution in [2.75, 3.05) is 0 Å². The molecule has 3 nitrogen and oxygen atoms in total. The Morgan fingerprint density at radius 2 is 0.868 bits per heavy atom. The van der Waals surface area contributed by atoms with E-state index in [9.17, 15) is 0 Å². The van der Waals surface area contributed by atoms with E-state index in [1.54, 1.807) is 0 Å². The van der Waals surface area contributed by atoms with Crippen LogP contribution in [0.3, 0.4) is 0 Å². The van der Waals surface area contributed by atoms with Gasteiger partial charge in [0.25, 0.3) is 0 Å². The molecule has 0 atom stereocenters. The van der Waals surface area contributed by atoms with E-state index in [-0.39, 0.29) is 0 Å². The molecule has 0 aliphatic heterocycles. The van der Waals surface area contributed by atoms with Gasteiger partial charge in [0, 0.05) is 27.5 Å². The number of benzene rings is 8. The molecule has 0 N–H and O–H groups in total. The Hall–Kier alpha value is -7.10. The molecule has 0 aliphatic carbocycles. The molecule has 0 unspecified atom stereocenters. The average molecular weight is 677 g/mol. The summed E-state index contributed by atoms with van der Waals surface area (Å²) in [6, 6.07) is 68.2. The number of rotatable bonds is 6. The predicted molar refractivity (Wildman–Crippen MR) is 219 cm³/mol. The third-order valence-corrected chi connectivity index (χ3v) is 10.1. The molecule has 0 saturated carbocycles. The lowest BCUT2D eigenvalue weighted by atomic mass is 9.91. The van der Waals surface area contributed by atoms with Gasteiger partial charge in [0.15, 0.2) is 5.82 Å². The molecule has 0 amide bonds. The van der Waals surface area contributed by atoms with E-state index in [1.165, 1.54) is 21.9 Å². The van der Waals surface area contributed by atoms with Gasteiger partial charge in [0.05, 0.1) is 11.4 Å². The van der Waals surface area contributed by atoms with Gasteiger partial charge in [-0.3, -0.25) is 0 Å². The standard InChI is InChI=1S/C50H32N2O/c1-3-13-33(14-4-1)36-19-11-20-38(27-36)46-32-47(52-50(51-46)35-16-5-2-6-17-35)41-29-39(28-40(30-41)43-23-12-18-34-15-7-8-21-42(34)43)37-25-26-49-45(31-37)44-22-9-10-24-48(44)53-49/h1-32H. The van der Waals surface area contributed by atoms with E-state index in [0.717, 1.165) is 72.3 Å². The number of fused-ring (bicyclic) bond motifs is 4. The molecule has 10 rings (SSSR count). The van der Waals surface area contributed by atoms with Crippen molar-refractivity contribution < 1.29 is 4.42 Å². The van der Waals surface area contributed by atoms with Gasteiger partial charge in [-0.1, -0.05) is 146 Å². The summed E-state index contributed by atoms with van der Waals surface area (Å²) in [4.78, 5) is 10.4. The smallest absolute Gasteiger partial charge is 0.160 e. The van der Waals surface area contributed by atoms with Crippen molar-refractivity contribution in [3.05, 3.63) is 194 Å². The highest BCUT2D eigenvalue weighted by Crippen LogP contribution is 2.39. The van der Waals surface area contributed by atoms with Crippen LogP contribution in [-0.4, -0.2) is 9.97 Å². The SMILES string of the molecule is c1ccc(-c2cccc(-c3cc(-c4cc(-c5ccc6oc7ccccc7c6c5)cc(-c5cccc6ccccc56)c4)nc(-c4ccccc4)n3)c2)cc1. The third kappa shape index (κ3) is 5.75. The van der Waals surface area contributed by atoms with Crippen LogP contribution >= 0.6 is 0 Å². The summed E-state index contributed by atoms with van der Waals surface area (Å²) in [6.07, 6.45) is 0. The lowest BCUT2D eigenvalue weighted by Crippen LogP contribution is -1.97. The minimum absolute atomic E-state index is 0.687. The lowest BCUT2D eigenvalue weighted by molar-refractivity contribution is 0.669. The Morgan fingerprint density at radius 3 is 1.72 bits per heavy atom. The lowest BCUT2D eigenvalue weighted by Gasteiger charge is -2.14. The zero-order valence-corrected chi connectivity index (χ0v) is 28.8. The topological polar surface area (TPSA) is 38.9 Å². The third-order valence-electron chi connectivity index (χ3n) is 10.1. The highest BCUT2D eigenvalue weighted by Gasteiger charge is 2.16. The van der Waals surface area contributed by atoms with Gasteiger partial charge in [-0.25, -0.2) is 9.97 Å². The molecule has 0 radical (unpaired) electrons. The number of para-hydroxylation sites is 1. The quantitative estimate of drug-likeness (QED) is 0.176. The second kappa shape index (κ2) is 12.9. The second-order valence-corrected chi connectivity index (χ2v) is 13.4. The van der Waals surface area contributed by atoms with E-state index in [1.807, 2.05) is 36.4 Å². The van der Waals surface area contributed by atoms with E-state index < -0.39 is 0 Å². The highest BCUT2D eigenvalue weighted by molar-refractivity contribution is 6.06. The number of furan rings is 1. The first-order valence-corrected chi connectivity index (χ1v) is 17.9. The molecule has 0 spiro atoms.